The van der Waals surface area contributed by atoms with Gasteiger partial charge in [-0.1, -0.05) is 6.07 Å². The van der Waals surface area contributed by atoms with Crippen LogP contribution < -0.4 is 15.6 Å². The van der Waals surface area contributed by atoms with Crippen molar-refractivity contribution >= 4 is 11.6 Å². The second kappa shape index (κ2) is 7.04. The minimum atomic E-state index is -0.503. The Hall–Kier alpha value is -3.35. The molecule has 3 aromatic rings. The van der Waals surface area contributed by atoms with Gasteiger partial charge < -0.3 is 19.0 Å². The van der Waals surface area contributed by atoms with E-state index in [0.29, 0.717) is 11.4 Å². The number of carbonyl (C=O) groups is 1. The van der Waals surface area contributed by atoms with Crippen molar-refractivity contribution in [1.82, 2.24) is 4.57 Å². The number of benzene rings is 1. The number of furan rings is 1. The Balaban J connectivity index is 1.75. The molecule has 2 aromatic heterocycles. The second-order valence-corrected chi connectivity index (χ2v) is 5.23. The van der Waals surface area contributed by atoms with Crippen molar-refractivity contribution < 1.29 is 18.3 Å². The van der Waals surface area contributed by atoms with Crippen molar-refractivity contribution in [3.63, 3.8) is 0 Å². The minimum absolute atomic E-state index is 0.0744. The van der Waals surface area contributed by atoms with E-state index in [-0.39, 0.29) is 23.6 Å². The average Bonchev–Trinajstić information content (AvgIpc) is 3.07. The molecule has 0 radical (unpaired) electrons. The van der Waals surface area contributed by atoms with Gasteiger partial charge in [0.05, 0.1) is 19.3 Å². The van der Waals surface area contributed by atoms with E-state index in [1.165, 1.54) is 42.0 Å². The number of nitrogens with zero attached hydrogens (tertiary/aromatic N) is 1. The molecule has 0 bridgehead atoms. The van der Waals surface area contributed by atoms with Crippen molar-refractivity contribution in [3.05, 3.63) is 82.4 Å². The zero-order valence-electron chi connectivity index (χ0n) is 13.4. The first-order valence-electron chi connectivity index (χ1n) is 7.46. The number of hydrogen-bond acceptors (Lipinski definition) is 4. The smallest absolute Gasteiger partial charge is 0.291 e. The Bertz CT molecular complexity index is 961. The van der Waals surface area contributed by atoms with E-state index < -0.39 is 11.7 Å². The highest BCUT2D eigenvalue weighted by molar-refractivity contribution is 6.03. The molecule has 0 aliphatic rings. The van der Waals surface area contributed by atoms with Crippen LogP contribution >= 0.6 is 0 Å². The van der Waals surface area contributed by atoms with E-state index in [4.69, 9.17) is 9.15 Å². The summed E-state index contributed by atoms with van der Waals surface area (Å²) in [7, 11) is 1.38. The summed E-state index contributed by atoms with van der Waals surface area (Å²) in [5, 5.41) is 2.60. The third-order valence-electron chi connectivity index (χ3n) is 3.52. The minimum Gasteiger partial charge on any atom is -0.494 e. The molecule has 128 valence electrons. The maximum atomic E-state index is 13.2. The number of hydrogen-bond donors (Lipinski definition) is 1. The number of pyridine rings is 1. The SMILES string of the molecule is COc1cc(F)ccc1NC(=O)c1ccc(Cn2ccccc2=O)o1. The summed E-state index contributed by atoms with van der Waals surface area (Å²) in [4.78, 5) is 24.0. The molecular formula is C18H15FN2O4. The highest BCUT2D eigenvalue weighted by atomic mass is 19.1. The number of nitrogens with one attached hydrogen (secondary N) is 1. The average molecular weight is 342 g/mol. The van der Waals surface area contributed by atoms with Crippen molar-refractivity contribution in [1.29, 1.82) is 0 Å². The fourth-order valence-corrected chi connectivity index (χ4v) is 2.30. The number of amides is 1. The van der Waals surface area contributed by atoms with Crippen LogP contribution in [0.3, 0.4) is 0 Å². The van der Waals surface area contributed by atoms with Gasteiger partial charge in [-0.2, -0.15) is 0 Å². The molecule has 1 aromatic carbocycles. The molecule has 0 unspecified atom stereocenters. The van der Waals surface area contributed by atoms with Gasteiger partial charge in [-0.25, -0.2) is 4.39 Å². The molecule has 0 saturated carbocycles. The van der Waals surface area contributed by atoms with Gasteiger partial charge in [-0.15, -0.1) is 0 Å². The van der Waals surface area contributed by atoms with E-state index in [2.05, 4.69) is 5.32 Å². The van der Waals surface area contributed by atoms with E-state index in [9.17, 15) is 14.0 Å². The third kappa shape index (κ3) is 3.77. The lowest BCUT2D eigenvalue weighted by Crippen LogP contribution is -2.18. The van der Waals surface area contributed by atoms with Crippen LogP contribution in [0.5, 0.6) is 5.75 Å². The van der Waals surface area contributed by atoms with Crippen LogP contribution in [0.2, 0.25) is 0 Å². The van der Waals surface area contributed by atoms with Gasteiger partial charge in [0.1, 0.15) is 17.3 Å². The highest BCUT2D eigenvalue weighted by Crippen LogP contribution is 2.25. The number of anilines is 1. The van der Waals surface area contributed by atoms with Crippen molar-refractivity contribution in [2.45, 2.75) is 6.54 Å². The topological polar surface area (TPSA) is 73.5 Å². The van der Waals surface area contributed by atoms with Gasteiger partial charge in [0.15, 0.2) is 5.76 Å². The van der Waals surface area contributed by atoms with Crippen LogP contribution in [0.25, 0.3) is 0 Å². The number of rotatable bonds is 5. The van der Waals surface area contributed by atoms with Crippen LogP contribution in [0.4, 0.5) is 10.1 Å². The molecule has 1 amide bonds. The van der Waals surface area contributed by atoms with Crippen LogP contribution in [-0.4, -0.2) is 17.6 Å². The predicted molar refractivity (Wildman–Crippen MR) is 89.4 cm³/mol. The Labute approximate surface area is 142 Å². The molecule has 0 fully saturated rings. The number of halogens is 1. The molecular weight excluding hydrogens is 327 g/mol. The van der Waals surface area contributed by atoms with Crippen molar-refractivity contribution in [2.75, 3.05) is 12.4 Å². The quantitative estimate of drug-likeness (QED) is 0.774. The zero-order chi connectivity index (χ0) is 17.8. The number of methoxy groups -OCH3 is 1. The molecule has 0 saturated heterocycles. The number of carbonyl (C=O) groups excluding carboxylic acids is 1. The van der Waals surface area contributed by atoms with E-state index in [0.717, 1.165) is 0 Å². The molecule has 7 heteroatoms. The lowest BCUT2D eigenvalue weighted by molar-refractivity contribution is 0.0994. The molecule has 0 aliphatic carbocycles. The lowest BCUT2D eigenvalue weighted by atomic mass is 10.2. The second-order valence-electron chi connectivity index (χ2n) is 5.23. The first kappa shape index (κ1) is 16.5. The number of ether oxygens (including phenoxy) is 1. The molecule has 2 heterocycles. The Morgan fingerprint density at radius 2 is 2.08 bits per heavy atom. The zero-order valence-corrected chi connectivity index (χ0v) is 13.4. The van der Waals surface area contributed by atoms with Gasteiger partial charge in [-0.3, -0.25) is 9.59 Å². The van der Waals surface area contributed by atoms with Crippen molar-refractivity contribution in [2.24, 2.45) is 0 Å². The van der Waals surface area contributed by atoms with Crippen LogP contribution in [0.1, 0.15) is 16.3 Å². The van der Waals surface area contributed by atoms with Crippen molar-refractivity contribution in [3.8, 4) is 5.75 Å². The fraction of sp³-hybridized carbons (Fsp3) is 0.111. The highest BCUT2D eigenvalue weighted by Gasteiger charge is 2.14. The van der Waals surface area contributed by atoms with E-state index in [1.807, 2.05) is 0 Å². The van der Waals surface area contributed by atoms with Gasteiger partial charge in [0.25, 0.3) is 11.5 Å². The summed E-state index contributed by atoms with van der Waals surface area (Å²) in [6.45, 7) is 0.215. The molecule has 0 atom stereocenters. The largest absolute Gasteiger partial charge is 0.494 e. The third-order valence-corrected chi connectivity index (χ3v) is 3.52. The van der Waals surface area contributed by atoms with Gasteiger partial charge in [-0.05, 0) is 30.3 Å². The first-order valence-corrected chi connectivity index (χ1v) is 7.46. The summed E-state index contributed by atoms with van der Waals surface area (Å²) in [5.41, 5.74) is 0.159. The molecule has 0 spiro atoms. The Morgan fingerprint density at radius 3 is 2.84 bits per heavy atom. The maximum Gasteiger partial charge on any atom is 0.291 e. The van der Waals surface area contributed by atoms with Crippen LogP contribution in [0, 0.1) is 5.82 Å². The first-order chi connectivity index (χ1) is 12.1. The summed E-state index contributed by atoms with van der Waals surface area (Å²) in [5.74, 6) is -0.231. The molecule has 25 heavy (non-hydrogen) atoms. The Morgan fingerprint density at radius 1 is 1.24 bits per heavy atom. The molecule has 6 nitrogen and oxygen atoms in total. The van der Waals surface area contributed by atoms with E-state index >= 15 is 0 Å². The van der Waals surface area contributed by atoms with Gasteiger partial charge in [0.2, 0.25) is 0 Å². The standard InChI is InChI=1S/C18H15FN2O4/c1-24-16-10-12(19)5-7-14(16)20-18(23)15-8-6-13(25-15)11-21-9-3-2-4-17(21)22/h2-10H,11H2,1H3,(H,20,23). The molecule has 0 aliphatic heterocycles. The summed E-state index contributed by atoms with van der Waals surface area (Å²) in [6, 6.07) is 11.7. The summed E-state index contributed by atoms with van der Waals surface area (Å²) in [6.07, 6.45) is 1.63. The van der Waals surface area contributed by atoms with Crippen LogP contribution in [-0.2, 0) is 6.54 Å². The van der Waals surface area contributed by atoms with Crippen LogP contribution in [0.15, 0.2) is 63.9 Å². The Kier molecular flexibility index (Phi) is 4.65. The summed E-state index contributed by atoms with van der Waals surface area (Å²) >= 11 is 0. The van der Waals surface area contributed by atoms with Gasteiger partial charge in [0, 0.05) is 18.3 Å². The molecule has 1 N–H and O–H groups in total. The normalized spacial score (nSPS) is 10.5. The molecule has 3 rings (SSSR count). The van der Waals surface area contributed by atoms with E-state index in [1.54, 1.807) is 24.4 Å². The monoisotopic (exact) mass is 342 g/mol. The summed E-state index contributed by atoms with van der Waals surface area (Å²) < 4.78 is 25.2. The lowest BCUT2D eigenvalue weighted by Gasteiger charge is -2.09. The fourth-order valence-electron chi connectivity index (χ4n) is 2.30. The predicted octanol–water partition coefficient (Wildman–Crippen LogP) is 2.89. The maximum absolute atomic E-state index is 13.2. The van der Waals surface area contributed by atoms with Gasteiger partial charge >= 0.3 is 0 Å². The number of aromatic nitrogens is 1.